The van der Waals surface area contributed by atoms with Gasteiger partial charge in [-0.15, -0.1) is 0 Å². The Morgan fingerprint density at radius 1 is 1.07 bits per heavy atom. The largest absolute Gasteiger partial charge is 0.497 e. The van der Waals surface area contributed by atoms with Gasteiger partial charge < -0.3 is 4.74 Å². The smallest absolute Gasteiger partial charge is 0.277 e. The molecule has 148 valence electrons. The first-order valence-electron chi connectivity index (χ1n) is 10.2. The Labute approximate surface area is 169 Å². The maximum absolute atomic E-state index is 13.1. The number of benzene rings is 1. The molecule has 0 saturated heterocycles. The summed E-state index contributed by atoms with van der Waals surface area (Å²) < 4.78 is 6.74. The molecular weight excluding hydrogens is 364 g/mol. The van der Waals surface area contributed by atoms with E-state index in [0.29, 0.717) is 17.8 Å². The van der Waals surface area contributed by atoms with E-state index in [2.05, 4.69) is 34.1 Å². The summed E-state index contributed by atoms with van der Waals surface area (Å²) in [5.74, 6) is 2.18. The summed E-state index contributed by atoms with van der Waals surface area (Å²) >= 11 is 0. The minimum atomic E-state index is -0.0949. The molecule has 0 bridgehead atoms. The van der Waals surface area contributed by atoms with E-state index in [1.165, 1.54) is 28.7 Å². The summed E-state index contributed by atoms with van der Waals surface area (Å²) in [5, 5.41) is 4.39. The minimum absolute atomic E-state index is 0.0949. The Kier molecular flexibility index (Phi) is 4.42. The highest BCUT2D eigenvalue weighted by molar-refractivity contribution is 5.40. The van der Waals surface area contributed by atoms with Crippen LogP contribution in [0.4, 0.5) is 0 Å². The lowest BCUT2D eigenvalue weighted by Crippen LogP contribution is -2.30. The first kappa shape index (κ1) is 18.0. The van der Waals surface area contributed by atoms with Gasteiger partial charge in [-0.3, -0.25) is 4.79 Å². The number of nitrogens with zero attached hydrogens (tertiary/aromatic N) is 4. The number of rotatable bonds is 4. The third kappa shape index (κ3) is 3.33. The normalized spacial score (nSPS) is 18.3. The number of aryl methyl sites for hydroxylation is 1. The number of hydrogen-bond acceptors (Lipinski definition) is 5. The molecule has 0 spiro atoms. The van der Waals surface area contributed by atoms with Crippen LogP contribution in [0.25, 0.3) is 5.95 Å². The SMILES string of the molecule is COc1ccc(C)c(C2CCc3c(cnn(-c4ncc(C5CC5)cn4)c3=O)C2)c1. The number of fused-ring (bicyclic) bond motifs is 1. The van der Waals surface area contributed by atoms with Gasteiger partial charge in [0, 0.05) is 18.0 Å². The second-order valence-corrected chi connectivity index (χ2v) is 8.12. The zero-order chi connectivity index (χ0) is 20.0. The van der Waals surface area contributed by atoms with Crippen LogP contribution in [0, 0.1) is 6.92 Å². The molecule has 0 aliphatic heterocycles. The predicted molar refractivity (Wildman–Crippen MR) is 110 cm³/mol. The van der Waals surface area contributed by atoms with Gasteiger partial charge in [-0.25, -0.2) is 9.97 Å². The van der Waals surface area contributed by atoms with E-state index in [-0.39, 0.29) is 5.56 Å². The molecule has 1 aromatic carbocycles. The van der Waals surface area contributed by atoms with Crippen LogP contribution in [-0.4, -0.2) is 26.9 Å². The van der Waals surface area contributed by atoms with Gasteiger partial charge in [0.2, 0.25) is 0 Å². The summed E-state index contributed by atoms with van der Waals surface area (Å²) in [6.45, 7) is 2.13. The molecule has 1 unspecified atom stereocenters. The summed E-state index contributed by atoms with van der Waals surface area (Å²) in [6, 6.07) is 6.21. The topological polar surface area (TPSA) is 69.9 Å². The average Bonchev–Trinajstić information content (AvgIpc) is 3.60. The van der Waals surface area contributed by atoms with Crippen molar-refractivity contribution in [3.63, 3.8) is 0 Å². The predicted octanol–water partition coefficient (Wildman–Crippen LogP) is 3.49. The van der Waals surface area contributed by atoms with Crippen molar-refractivity contribution in [1.82, 2.24) is 19.7 Å². The monoisotopic (exact) mass is 388 g/mol. The maximum atomic E-state index is 13.1. The molecule has 0 radical (unpaired) electrons. The molecule has 2 aliphatic carbocycles. The van der Waals surface area contributed by atoms with Crippen molar-refractivity contribution in [3.8, 4) is 11.7 Å². The lowest BCUT2D eigenvalue weighted by atomic mass is 9.80. The van der Waals surface area contributed by atoms with Crippen molar-refractivity contribution in [2.24, 2.45) is 0 Å². The van der Waals surface area contributed by atoms with Crippen molar-refractivity contribution < 1.29 is 4.74 Å². The Morgan fingerprint density at radius 2 is 1.86 bits per heavy atom. The summed E-state index contributed by atoms with van der Waals surface area (Å²) in [6.07, 6.45) is 10.4. The number of methoxy groups -OCH3 is 1. The third-order valence-electron chi connectivity index (χ3n) is 6.20. The standard InChI is InChI=1S/C23H24N4O2/c1-14-3-7-19(29-2)10-21(14)16-6-8-20-17(9-16)13-26-27(22(20)28)23-24-11-18(12-25-23)15-4-5-15/h3,7,10-13,15-16H,4-6,8-9H2,1-2H3. The number of hydrogen-bond donors (Lipinski definition) is 0. The fourth-order valence-corrected chi connectivity index (χ4v) is 4.31. The van der Waals surface area contributed by atoms with Crippen LogP contribution in [0.2, 0.25) is 0 Å². The zero-order valence-electron chi connectivity index (χ0n) is 16.8. The number of aromatic nitrogens is 4. The summed E-state index contributed by atoms with van der Waals surface area (Å²) in [5.41, 5.74) is 5.47. The van der Waals surface area contributed by atoms with Crippen LogP contribution in [0.1, 0.15) is 58.9 Å². The van der Waals surface area contributed by atoms with E-state index in [1.54, 1.807) is 7.11 Å². The first-order valence-corrected chi connectivity index (χ1v) is 10.2. The van der Waals surface area contributed by atoms with Gasteiger partial charge in [0.1, 0.15) is 5.75 Å². The molecule has 6 heteroatoms. The highest BCUT2D eigenvalue weighted by Crippen LogP contribution is 2.39. The molecule has 0 amide bonds. The van der Waals surface area contributed by atoms with Gasteiger partial charge in [0.15, 0.2) is 0 Å². The van der Waals surface area contributed by atoms with Gasteiger partial charge in [-0.05, 0) is 85.3 Å². The van der Waals surface area contributed by atoms with E-state index < -0.39 is 0 Å². The third-order valence-corrected chi connectivity index (χ3v) is 6.20. The first-order chi connectivity index (χ1) is 14.1. The van der Waals surface area contributed by atoms with E-state index in [1.807, 2.05) is 24.7 Å². The molecule has 6 nitrogen and oxygen atoms in total. The van der Waals surface area contributed by atoms with E-state index in [4.69, 9.17) is 4.74 Å². The van der Waals surface area contributed by atoms with E-state index >= 15 is 0 Å². The molecule has 2 aliphatic rings. The van der Waals surface area contributed by atoms with E-state index in [9.17, 15) is 4.79 Å². The van der Waals surface area contributed by atoms with Crippen LogP contribution in [-0.2, 0) is 12.8 Å². The van der Waals surface area contributed by atoms with Crippen LogP contribution in [0.15, 0.2) is 41.6 Å². The van der Waals surface area contributed by atoms with E-state index in [0.717, 1.165) is 41.7 Å². The highest BCUT2D eigenvalue weighted by atomic mass is 16.5. The van der Waals surface area contributed by atoms with Crippen LogP contribution >= 0.6 is 0 Å². The zero-order valence-corrected chi connectivity index (χ0v) is 16.8. The van der Waals surface area contributed by atoms with Crippen LogP contribution in [0.3, 0.4) is 0 Å². The molecule has 5 rings (SSSR count). The fraction of sp³-hybridized carbons (Fsp3) is 0.391. The highest BCUT2D eigenvalue weighted by Gasteiger charge is 2.26. The van der Waals surface area contributed by atoms with Gasteiger partial charge in [-0.1, -0.05) is 6.07 Å². The lowest BCUT2D eigenvalue weighted by molar-refractivity contribution is 0.413. The van der Waals surface area contributed by atoms with Gasteiger partial charge in [0.05, 0.1) is 13.3 Å². The van der Waals surface area contributed by atoms with Gasteiger partial charge in [-0.2, -0.15) is 9.78 Å². The average molecular weight is 388 g/mol. The maximum Gasteiger partial charge on any atom is 0.277 e. The van der Waals surface area contributed by atoms with Crippen molar-refractivity contribution >= 4 is 0 Å². The van der Waals surface area contributed by atoms with Crippen LogP contribution < -0.4 is 10.3 Å². The quantitative estimate of drug-likeness (QED) is 0.684. The fourth-order valence-electron chi connectivity index (χ4n) is 4.31. The van der Waals surface area contributed by atoms with Gasteiger partial charge in [0.25, 0.3) is 11.5 Å². The molecular formula is C23H24N4O2. The Bertz CT molecular complexity index is 1120. The van der Waals surface area contributed by atoms with Gasteiger partial charge >= 0.3 is 0 Å². The van der Waals surface area contributed by atoms with Crippen LogP contribution in [0.5, 0.6) is 5.75 Å². The Hall–Kier alpha value is -3.02. The molecule has 3 aromatic rings. The Morgan fingerprint density at radius 3 is 2.59 bits per heavy atom. The molecule has 2 heterocycles. The minimum Gasteiger partial charge on any atom is -0.497 e. The molecule has 1 atom stereocenters. The van der Waals surface area contributed by atoms with Crippen molar-refractivity contribution in [3.05, 3.63) is 75.0 Å². The van der Waals surface area contributed by atoms with Crippen molar-refractivity contribution in [2.45, 2.75) is 50.9 Å². The summed E-state index contributed by atoms with van der Waals surface area (Å²) in [4.78, 5) is 21.8. The second-order valence-electron chi connectivity index (χ2n) is 8.12. The molecule has 29 heavy (non-hydrogen) atoms. The summed E-state index contributed by atoms with van der Waals surface area (Å²) in [7, 11) is 1.69. The number of ether oxygens (including phenoxy) is 1. The molecule has 0 N–H and O–H groups in total. The molecule has 1 fully saturated rings. The van der Waals surface area contributed by atoms with Crippen molar-refractivity contribution in [1.29, 1.82) is 0 Å². The Balaban J connectivity index is 1.44. The van der Waals surface area contributed by atoms with Crippen molar-refractivity contribution in [2.75, 3.05) is 7.11 Å². The molecule has 1 saturated carbocycles. The second kappa shape index (κ2) is 7.10. The molecule has 2 aromatic heterocycles. The lowest BCUT2D eigenvalue weighted by Gasteiger charge is -2.26.